The Morgan fingerprint density at radius 2 is 2.15 bits per heavy atom. The van der Waals surface area contributed by atoms with Gasteiger partial charge in [0.25, 0.3) is 0 Å². The fraction of sp³-hybridized carbons (Fsp3) is 0.389. The van der Waals surface area contributed by atoms with Gasteiger partial charge >= 0.3 is 0 Å². The second-order valence-corrected chi connectivity index (χ2v) is 6.95. The van der Waals surface area contributed by atoms with Gasteiger partial charge in [-0.3, -0.25) is 9.59 Å². The minimum absolute atomic E-state index is 0.131. The average Bonchev–Trinajstić information content (AvgIpc) is 3.03. The summed E-state index contributed by atoms with van der Waals surface area (Å²) in [5.74, 6) is 1.61. The summed E-state index contributed by atoms with van der Waals surface area (Å²) < 4.78 is 10.3. The summed E-state index contributed by atoms with van der Waals surface area (Å²) in [6, 6.07) is 9.22. The molecular formula is C18H23N3O4S. The van der Waals surface area contributed by atoms with E-state index in [0.29, 0.717) is 24.7 Å². The van der Waals surface area contributed by atoms with Crippen LogP contribution in [-0.2, 0) is 16.1 Å². The van der Waals surface area contributed by atoms with Crippen LogP contribution in [0.4, 0.5) is 5.82 Å². The minimum Gasteiger partial charge on any atom is -0.494 e. The first-order chi connectivity index (χ1) is 12.5. The van der Waals surface area contributed by atoms with Crippen LogP contribution in [-0.4, -0.2) is 34.6 Å². The van der Waals surface area contributed by atoms with E-state index in [-0.39, 0.29) is 22.8 Å². The molecule has 2 aromatic rings. The molecule has 0 aliphatic heterocycles. The fourth-order valence-corrected chi connectivity index (χ4v) is 2.81. The Bertz CT molecular complexity index is 748. The highest BCUT2D eigenvalue weighted by Crippen LogP contribution is 2.15. The molecule has 0 aliphatic carbocycles. The number of anilines is 1. The van der Waals surface area contributed by atoms with Gasteiger partial charge in [-0.1, -0.05) is 17.3 Å². The zero-order valence-electron chi connectivity index (χ0n) is 15.1. The molecule has 26 heavy (non-hydrogen) atoms. The number of rotatable bonds is 9. The molecule has 1 aromatic heterocycles. The molecule has 0 fully saturated rings. The van der Waals surface area contributed by atoms with E-state index in [1.807, 2.05) is 31.2 Å². The molecule has 0 aliphatic rings. The van der Waals surface area contributed by atoms with Gasteiger partial charge in [0.2, 0.25) is 11.8 Å². The van der Waals surface area contributed by atoms with E-state index in [1.54, 1.807) is 19.9 Å². The van der Waals surface area contributed by atoms with Crippen molar-refractivity contribution in [1.82, 2.24) is 10.5 Å². The van der Waals surface area contributed by atoms with E-state index in [1.165, 1.54) is 11.8 Å². The molecule has 2 amide bonds. The lowest BCUT2D eigenvalue weighted by Crippen LogP contribution is -2.28. The molecule has 1 heterocycles. The first-order valence-electron chi connectivity index (χ1n) is 8.32. The van der Waals surface area contributed by atoms with Gasteiger partial charge in [-0.2, -0.15) is 0 Å². The number of carbonyl (C=O) groups is 2. The lowest BCUT2D eigenvalue weighted by atomic mass is 10.2. The van der Waals surface area contributed by atoms with Gasteiger partial charge in [0, 0.05) is 12.6 Å². The van der Waals surface area contributed by atoms with E-state index in [0.717, 1.165) is 11.3 Å². The van der Waals surface area contributed by atoms with E-state index in [9.17, 15) is 9.59 Å². The van der Waals surface area contributed by atoms with Gasteiger partial charge in [0.1, 0.15) is 11.5 Å². The van der Waals surface area contributed by atoms with Crippen LogP contribution in [0.5, 0.6) is 5.75 Å². The van der Waals surface area contributed by atoms with Crippen LogP contribution < -0.4 is 15.4 Å². The lowest BCUT2D eigenvalue weighted by molar-refractivity contribution is -0.118. The summed E-state index contributed by atoms with van der Waals surface area (Å²) in [4.78, 5) is 24.0. The van der Waals surface area contributed by atoms with Gasteiger partial charge in [-0.05, 0) is 38.5 Å². The highest BCUT2D eigenvalue weighted by Gasteiger charge is 2.16. The van der Waals surface area contributed by atoms with Crippen LogP contribution in [0.2, 0.25) is 0 Å². The number of aryl methyl sites for hydroxylation is 1. The molecule has 8 heteroatoms. The van der Waals surface area contributed by atoms with Crippen molar-refractivity contribution in [2.45, 2.75) is 32.6 Å². The summed E-state index contributed by atoms with van der Waals surface area (Å²) in [6.07, 6.45) is 0. The summed E-state index contributed by atoms with van der Waals surface area (Å²) in [6.45, 7) is 6.42. The van der Waals surface area contributed by atoms with Crippen LogP contribution in [0.25, 0.3) is 0 Å². The van der Waals surface area contributed by atoms with Crippen LogP contribution >= 0.6 is 11.8 Å². The first-order valence-corrected chi connectivity index (χ1v) is 9.37. The van der Waals surface area contributed by atoms with Crippen molar-refractivity contribution in [1.29, 1.82) is 0 Å². The van der Waals surface area contributed by atoms with Crippen molar-refractivity contribution >= 4 is 29.4 Å². The van der Waals surface area contributed by atoms with Gasteiger partial charge in [-0.25, -0.2) is 0 Å². The van der Waals surface area contributed by atoms with Crippen molar-refractivity contribution in [2.75, 3.05) is 17.7 Å². The maximum Gasteiger partial charge on any atom is 0.238 e. The molecule has 0 saturated carbocycles. The molecule has 0 bridgehead atoms. The van der Waals surface area contributed by atoms with Crippen molar-refractivity contribution < 1.29 is 18.8 Å². The van der Waals surface area contributed by atoms with Gasteiger partial charge in [0.05, 0.1) is 17.6 Å². The van der Waals surface area contributed by atoms with Crippen LogP contribution in [0, 0.1) is 6.92 Å². The number of ether oxygens (including phenoxy) is 1. The van der Waals surface area contributed by atoms with Crippen LogP contribution in [0.15, 0.2) is 34.9 Å². The van der Waals surface area contributed by atoms with E-state index in [2.05, 4.69) is 15.8 Å². The summed E-state index contributed by atoms with van der Waals surface area (Å²) in [5, 5.41) is 8.81. The van der Waals surface area contributed by atoms with Crippen molar-refractivity contribution in [2.24, 2.45) is 0 Å². The predicted octanol–water partition coefficient (Wildman–Crippen LogP) is 2.76. The van der Waals surface area contributed by atoms with Crippen molar-refractivity contribution in [3.63, 3.8) is 0 Å². The van der Waals surface area contributed by atoms with Crippen molar-refractivity contribution in [3.05, 3.63) is 41.7 Å². The molecule has 7 nitrogen and oxygen atoms in total. The predicted molar refractivity (Wildman–Crippen MR) is 101 cm³/mol. The van der Waals surface area contributed by atoms with Gasteiger partial charge in [-0.15, -0.1) is 11.8 Å². The zero-order valence-corrected chi connectivity index (χ0v) is 15.9. The number of aromatic nitrogens is 1. The Hall–Kier alpha value is -2.48. The maximum absolute atomic E-state index is 12.1. The fourth-order valence-electron chi connectivity index (χ4n) is 2.09. The Kier molecular flexibility index (Phi) is 7.53. The Balaban J connectivity index is 1.72. The molecule has 0 saturated heterocycles. The molecule has 2 rings (SSSR count). The second kappa shape index (κ2) is 9.86. The smallest absolute Gasteiger partial charge is 0.238 e. The van der Waals surface area contributed by atoms with Gasteiger partial charge < -0.3 is 19.9 Å². The third kappa shape index (κ3) is 6.44. The Morgan fingerprint density at radius 1 is 1.35 bits per heavy atom. The van der Waals surface area contributed by atoms with Gasteiger partial charge in [0.15, 0.2) is 5.82 Å². The maximum atomic E-state index is 12.1. The summed E-state index contributed by atoms with van der Waals surface area (Å²) >= 11 is 1.26. The summed E-state index contributed by atoms with van der Waals surface area (Å²) in [5.41, 5.74) is 0.960. The molecular weight excluding hydrogens is 354 g/mol. The first kappa shape index (κ1) is 19.8. The third-order valence-corrected chi connectivity index (χ3v) is 4.55. The molecule has 1 unspecified atom stereocenters. The third-order valence-electron chi connectivity index (χ3n) is 3.41. The van der Waals surface area contributed by atoms with E-state index in [4.69, 9.17) is 9.26 Å². The average molecular weight is 377 g/mol. The molecule has 0 radical (unpaired) electrons. The van der Waals surface area contributed by atoms with Crippen molar-refractivity contribution in [3.8, 4) is 5.75 Å². The van der Waals surface area contributed by atoms with Crippen LogP contribution in [0.3, 0.4) is 0 Å². The normalized spacial score (nSPS) is 11.7. The lowest BCUT2D eigenvalue weighted by Gasteiger charge is -2.11. The van der Waals surface area contributed by atoms with E-state index >= 15 is 0 Å². The molecule has 2 N–H and O–H groups in total. The monoisotopic (exact) mass is 377 g/mol. The number of hydrogen-bond donors (Lipinski definition) is 2. The number of thioether (sulfide) groups is 1. The Morgan fingerprint density at radius 3 is 2.85 bits per heavy atom. The molecule has 1 atom stereocenters. The van der Waals surface area contributed by atoms with Crippen LogP contribution in [0.1, 0.15) is 25.2 Å². The summed E-state index contributed by atoms with van der Waals surface area (Å²) in [7, 11) is 0. The topological polar surface area (TPSA) is 93.5 Å². The minimum atomic E-state index is -0.390. The number of nitrogens with zero attached hydrogens (tertiary/aromatic N) is 1. The highest BCUT2D eigenvalue weighted by atomic mass is 32.2. The molecule has 140 valence electrons. The largest absolute Gasteiger partial charge is 0.494 e. The zero-order chi connectivity index (χ0) is 18.9. The Labute approximate surface area is 156 Å². The second-order valence-electron chi connectivity index (χ2n) is 5.62. The van der Waals surface area contributed by atoms with E-state index < -0.39 is 0 Å². The molecule has 0 spiro atoms. The number of hydrogen-bond acceptors (Lipinski definition) is 6. The SMILES string of the molecule is CCOc1cccc(CNC(=O)CSC(C)C(=O)Nc2cc(C)on2)c1. The standard InChI is InChI=1S/C18H23N3O4S/c1-4-24-15-7-5-6-14(9-15)10-19-17(22)11-26-13(3)18(23)20-16-8-12(2)25-21-16/h5-9,13H,4,10-11H2,1-3H3,(H,19,22)(H,20,21,23). The number of benzene rings is 1. The number of nitrogens with one attached hydrogen (secondary N) is 2. The highest BCUT2D eigenvalue weighted by molar-refractivity contribution is 8.01. The quantitative estimate of drug-likeness (QED) is 0.698. The molecule has 1 aromatic carbocycles. The number of amides is 2. The number of carbonyl (C=O) groups excluding carboxylic acids is 2.